The van der Waals surface area contributed by atoms with Crippen molar-refractivity contribution in [3.63, 3.8) is 0 Å². The molecule has 0 radical (unpaired) electrons. The van der Waals surface area contributed by atoms with Crippen molar-refractivity contribution in [1.29, 1.82) is 0 Å². The normalized spacial score (nSPS) is 16.5. The van der Waals surface area contributed by atoms with Crippen LogP contribution in [0.3, 0.4) is 0 Å². The van der Waals surface area contributed by atoms with Crippen LogP contribution in [0, 0.1) is 0 Å². The third-order valence-electron chi connectivity index (χ3n) is 5.28. The summed E-state index contributed by atoms with van der Waals surface area (Å²) in [6.07, 6.45) is 5.12. The van der Waals surface area contributed by atoms with Gasteiger partial charge in [0.2, 0.25) is 5.91 Å². The highest BCUT2D eigenvalue weighted by Gasteiger charge is 2.24. The topological polar surface area (TPSA) is 84.7 Å². The van der Waals surface area contributed by atoms with Crippen LogP contribution < -0.4 is 10.1 Å². The van der Waals surface area contributed by atoms with E-state index in [4.69, 9.17) is 4.74 Å². The summed E-state index contributed by atoms with van der Waals surface area (Å²) in [6.45, 7) is 2.87. The summed E-state index contributed by atoms with van der Waals surface area (Å²) in [5, 5.41) is 11.3. The van der Waals surface area contributed by atoms with Gasteiger partial charge in [-0.25, -0.2) is 9.50 Å². The molecule has 1 aliphatic heterocycles. The molecule has 0 bridgehead atoms. The lowest BCUT2D eigenvalue weighted by molar-refractivity contribution is -0.120. The summed E-state index contributed by atoms with van der Waals surface area (Å²) < 4.78 is 7.90. The van der Waals surface area contributed by atoms with Crippen LogP contribution in [0.2, 0.25) is 0 Å². The predicted molar refractivity (Wildman–Crippen MR) is 117 cm³/mol. The molecule has 0 fully saturated rings. The highest BCUT2D eigenvalue weighted by molar-refractivity contribution is 7.07. The molecule has 1 N–H and O–H groups in total. The first-order chi connectivity index (χ1) is 15.2. The number of nitrogens with one attached hydrogen (secondary N) is 1. The third kappa shape index (κ3) is 4.57. The van der Waals surface area contributed by atoms with Crippen molar-refractivity contribution in [2.24, 2.45) is 0 Å². The number of fused-ring (bicyclic) bond motifs is 2. The van der Waals surface area contributed by atoms with Gasteiger partial charge in [0, 0.05) is 49.7 Å². The summed E-state index contributed by atoms with van der Waals surface area (Å²) in [4.78, 5) is 23.0. The van der Waals surface area contributed by atoms with E-state index in [-0.39, 0.29) is 18.4 Å². The molecule has 4 aromatic rings. The second-order valence-corrected chi connectivity index (χ2v) is 8.28. The lowest BCUT2D eigenvalue weighted by atomic mass is 10.2. The lowest BCUT2D eigenvalue weighted by Gasteiger charge is -2.23. The van der Waals surface area contributed by atoms with Crippen LogP contribution >= 0.6 is 11.3 Å². The van der Waals surface area contributed by atoms with Gasteiger partial charge in [-0.2, -0.15) is 21.4 Å². The van der Waals surface area contributed by atoms with Gasteiger partial charge in [-0.3, -0.25) is 9.69 Å². The van der Waals surface area contributed by atoms with Gasteiger partial charge >= 0.3 is 0 Å². The molecular weight excluding hydrogens is 412 g/mol. The Morgan fingerprint density at radius 1 is 1.26 bits per heavy atom. The summed E-state index contributed by atoms with van der Waals surface area (Å²) in [7, 11) is 0. The molecule has 4 heterocycles. The number of hydrogen-bond donors (Lipinski definition) is 1. The second-order valence-electron chi connectivity index (χ2n) is 7.50. The molecule has 31 heavy (non-hydrogen) atoms. The van der Waals surface area contributed by atoms with E-state index in [1.807, 2.05) is 18.2 Å². The maximum absolute atomic E-state index is 12.4. The summed E-state index contributed by atoms with van der Waals surface area (Å²) >= 11 is 1.68. The Labute approximate surface area is 183 Å². The van der Waals surface area contributed by atoms with E-state index < -0.39 is 0 Å². The Hall–Kier alpha value is -3.30. The molecule has 3 aromatic heterocycles. The first-order valence-electron chi connectivity index (χ1n) is 10.1. The van der Waals surface area contributed by atoms with Crippen LogP contribution in [0.4, 0.5) is 0 Å². The van der Waals surface area contributed by atoms with Gasteiger partial charge in [-0.05, 0) is 28.5 Å². The number of benzene rings is 1. The highest BCUT2D eigenvalue weighted by Crippen LogP contribution is 2.31. The van der Waals surface area contributed by atoms with Crippen molar-refractivity contribution in [2.75, 3.05) is 19.6 Å². The van der Waals surface area contributed by atoms with Crippen LogP contribution in [0.5, 0.6) is 5.75 Å². The van der Waals surface area contributed by atoms with E-state index in [0.717, 1.165) is 30.9 Å². The Bertz CT molecular complexity index is 1180. The van der Waals surface area contributed by atoms with Gasteiger partial charge in [-0.1, -0.05) is 18.2 Å². The van der Waals surface area contributed by atoms with Gasteiger partial charge < -0.3 is 10.1 Å². The van der Waals surface area contributed by atoms with E-state index in [2.05, 4.69) is 48.2 Å². The van der Waals surface area contributed by atoms with Gasteiger partial charge in [-0.15, -0.1) is 0 Å². The summed E-state index contributed by atoms with van der Waals surface area (Å²) in [5.74, 6) is 1.41. The number of aromatic nitrogens is 4. The van der Waals surface area contributed by atoms with Crippen molar-refractivity contribution >= 4 is 23.0 Å². The molecule has 0 aliphatic carbocycles. The second kappa shape index (κ2) is 8.83. The molecule has 5 rings (SSSR count). The van der Waals surface area contributed by atoms with Crippen molar-refractivity contribution < 1.29 is 9.53 Å². The molecule has 1 amide bonds. The fraction of sp³-hybridized carbons (Fsp3) is 0.273. The van der Waals surface area contributed by atoms with Crippen LogP contribution in [0.1, 0.15) is 22.8 Å². The number of hydrogen-bond acceptors (Lipinski definition) is 7. The van der Waals surface area contributed by atoms with E-state index in [0.29, 0.717) is 12.3 Å². The molecule has 9 heteroatoms. The predicted octanol–water partition coefficient (Wildman–Crippen LogP) is 2.48. The third-order valence-corrected chi connectivity index (χ3v) is 5.98. The van der Waals surface area contributed by atoms with Crippen molar-refractivity contribution in [1.82, 2.24) is 29.8 Å². The summed E-state index contributed by atoms with van der Waals surface area (Å²) in [5.41, 5.74) is 3.15. The molecule has 1 aliphatic rings. The van der Waals surface area contributed by atoms with E-state index in [1.54, 1.807) is 28.2 Å². The van der Waals surface area contributed by atoms with Gasteiger partial charge in [0.25, 0.3) is 5.78 Å². The molecule has 1 atom stereocenters. The minimum atomic E-state index is -0.0397. The number of carbonyl (C=O) groups is 1. The zero-order chi connectivity index (χ0) is 21.0. The molecule has 0 saturated heterocycles. The Balaban J connectivity index is 1.20. The molecule has 158 valence electrons. The molecule has 1 aromatic carbocycles. The van der Waals surface area contributed by atoms with Crippen molar-refractivity contribution in [3.05, 3.63) is 76.5 Å². The molecule has 0 spiro atoms. The minimum absolute atomic E-state index is 0.0221. The fourth-order valence-corrected chi connectivity index (χ4v) is 4.43. The molecule has 0 saturated carbocycles. The number of ether oxygens (including phenoxy) is 1. The smallest absolute Gasteiger partial charge is 0.252 e. The maximum atomic E-state index is 12.4. The van der Waals surface area contributed by atoms with E-state index in [9.17, 15) is 4.79 Å². The average Bonchev–Trinajstić information content (AvgIpc) is 3.43. The number of rotatable bonds is 6. The number of nitrogens with zero attached hydrogens (tertiary/aromatic N) is 5. The standard InChI is InChI=1S/C22H22N6O2S/c29-21(9-16-10-24-22-25-15-26-28(22)11-16)23-6-7-27-12-17-3-1-2-4-19(17)30-20(13-27)18-5-8-31-14-18/h1-5,8,10-11,14-15,20H,6-7,9,12-13H2,(H,23,29). The van der Waals surface area contributed by atoms with Gasteiger partial charge in [0.15, 0.2) is 0 Å². The Morgan fingerprint density at radius 3 is 3.10 bits per heavy atom. The maximum Gasteiger partial charge on any atom is 0.252 e. The minimum Gasteiger partial charge on any atom is -0.484 e. The first-order valence-corrected chi connectivity index (χ1v) is 11.1. The Morgan fingerprint density at radius 2 is 2.19 bits per heavy atom. The van der Waals surface area contributed by atoms with Crippen LogP contribution in [0.25, 0.3) is 5.78 Å². The molecule has 8 nitrogen and oxygen atoms in total. The lowest BCUT2D eigenvalue weighted by Crippen LogP contribution is -2.37. The quantitative estimate of drug-likeness (QED) is 0.502. The fourth-order valence-electron chi connectivity index (χ4n) is 3.73. The molecular formula is C22H22N6O2S. The van der Waals surface area contributed by atoms with Gasteiger partial charge in [0.05, 0.1) is 6.42 Å². The highest BCUT2D eigenvalue weighted by atomic mass is 32.1. The summed E-state index contributed by atoms with van der Waals surface area (Å²) in [6, 6.07) is 10.3. The van der Waals surface area contributed by atoms with Crippen LogP contribution in [-0.4, -0.2) is 50.0 Å². The number of carbonyl (C=O) groups excluding carboxylic acids is 1. The number of para-hydroxylation sites is 1. The number of thiophene rings is 1. The SMILES string of the molecule is O=C(Cc1cnc2ncnn2c1)NCCN1Cc2ccccc2OC(c2ccsc2)C1. The Kier molecular flexibility index (Phi) is 5.59. The van der Waals surface area contributed by atoms with Crippen molar-refractivity contribution in [3.8, 4) is 5.75 Å². The van der Waals surface area contributed by atoms with Crippen molar-refractivity contribution in [2.45, 2.75) is 19.1 Å². The van der Waals surface area contributed by atoms with E-state index >= 15 is 0 Å². The zero-order valence-electron chi connectivity index (χ0n) is 16.8. The monoisotopic (exact) mass is 434 g/mol. The zero-order valence-corrected chi connectivity index (χ0v) is 17.7. The van der Waals surface area contributed by atoms with Crippen LogP contribution in [0.15, 0.2) is 59.8 Å². The van der Waals surface area contributed by atoms with E-state index in [1.165, 1.54) is 17.5 Å². The molecule has 1 unspecified atom stereocenters. The first kappa shape index (κ1) is 19.7. The average molecular weight is 435 g/mol. The largest absolute Gasteiger partial charge is 0.484 e. The number of amides is 1. The van der Waals surface area contributed by atoms with Gasteiger partial charge in [0.1, 0.15) is 18.2 Å². The van der Waals surface area contributed by atoms with Crippen LogP contribution in [-0.2, 0) is 17.8 Å².